The molecule has 0 amide bonds. The number of nitro benzene ring substituents is 1. The van der Waals surface area contributed by atoms with Crippen LogP contribution in [0.25, 0.3) is 21.8 Å². The SMILES string of the molecule is COc1ccc2nc3ccc([N+](=O)[O-])cc3c(Cl)c2c1. The highest BCUT2D eigenvalue weighted by Crippen LogP contribution is 2.34. The highest BCUT2D eigenvalue weighted by Gasteiger charge is 2.12. The zero-order valence-electron chi connectivity index (χ0n) is 10.5. The zero-order valence-corrected chi connectivity index (χ0v) is 11.2. The van der Waals surface area contributed by atoms with Gasteiger partial charge in [0.1, 0.15) is 5.75 Å². The Hall–Kier alpha value is -2.40. The molecule has 0 spiro atoms. The van der Waals surface area contributed by atoms with Crippen LogP contribution in [0.4, 0.5) is 5.69 Å². The number of fused-ring (bicyclic) bond motifs is 2. The lowest BCUT2D eigenvalue weighted by atomic mass is 10.1. The second-order valence-corrected chi connectivity index (χ2v) is 4.65. The first-order valence-corrected chi connectivity index (χ1v) is 6.19. The zero-order chi connectivity index (χ0) is 14.3. The van der Waals surface area contributed by atoms with Crippen LogP contribution >= 0.6 is 11.6 Å². The van der Waals surface area contributed by atoms with Gasteiger partial charge in [0, 0.05) is 22.9 Å². The second-order valence-electron chi connectivity index (χ2n) is 4.27. The average molecular weight is 289 g/mol. The first kappa shape index (κ1) is 12.6. The number of methoxy groups -OCH3 is 1. The Bertz CT molecular complexity index is 849. The lowest BCUT2D eigenvalue weighted by molar-refractivity contribution is -0.384. The summed E-state index contributed by atoms with van der Waals surface area (Å²) in [5, 5.41) is 12.5. The molecule has 3 aromatic rings. The number of aromatic nitrogens is 1. The van der Waals surface area contributed by atoms with Gasteiger partial charge in [0.15, 0.2) is 0 Å². The fourth-order valence-corrected chi connectivity index (χ4v) is 2.40. The molecule has 0 saturated heterocycles. The van der Waals surface area contributed by atoms with Crippen molar-refractivity contribution < 1.29 is 9.66 Å². The molecule has 20 heavy (non-hydrogen) atoms. The standard InChI is InChI=1S/C14H9ClN2O3/c1-20-9-3-5-13-11(7-9)14(15)10-6-8(17(18)19)2-4-12(10)16-13/h2-7H,1H3. The summed E-state index contributed by atoms with van der Waals surface area (Å²) in [5.41, 5.74) is 1.33. The normalized spacial score (nSPS) is 10.9. The van der Waals surface area contributed by atoms with E-state index in [4.69, 9.17) is 16.3 Å². The van der Waals surface area contributed by atoms with Crippen LogP contribution in [-0.2, 0) is 0 Å². The third kappa shape index (κ3) is 1.92. The van der Waals surface area contributed by atoms with E-state index >= 15 is 0 Å². The molecule has 0 fully saturated rings. The smallest absolute Gasteiger partial charge is 0.270 e. The van der Waals surface area contributed by atoms with Crippen molar-refractivity contribution in [2.24, 2.45) is 0 Å². The Morgan fingerprint density at radius 2 is 1.80 bits per heavy atom. The van der Waals surface area contributed by atoms with Crippen LogP contribution in [0.1, 0.15) is 0 Å². The van der Waals surface area contributed by atoms with Gasteiger partial charge >= 0.3 is 0 Å². The van der Waals surface area contributed by atoms with Gasteiger partial charge in [-0.05, 0) is 24.3 Å². The second kappa shape index (κ2) is 4.61. The fourth-order valence-electron chi connectivity index (χ4n) is 2.10. The number of rotatable bonds is 2. The molecule has 3 rings (SSSR count). The van der Waals surface area contributed by atoms with Gasteiger partial charge in [-0.2, -0.15) is 0 Å². The summed E-state index contributed by atoms with van der Waals surface area (Å²) in [6.45, 7) is 0. The van der Waals surface area contributed by atoms with Gasteiger partial charge < -0.3 is 4.74 Å². The minimum atomic E-state index is -0.453. The number of ether oxygens (including phenoxy) is 1. The molecule has 2 aromatic carbocycles. The van der Waals surface area contributed by atoms with E-state index in [1.807, 2.05) is 0 Å². The van der Waals surface area contributed by atoms with Crippen LogP contribution in [0.15, 0.2) is 36.4 Å². The number of benzene rings is 2. The third-order valence-corrected chi connectivity index (χ3v) is 3.52. The number of non-ortho nitro benzene ring substituents is 1. The number of hydrogen-bond donors (Lipinski definition) is 0. The van der Waals surface area contributed by atoms with E-state index in [9.17, 15) is 10.1 Å². The first-order chi connectivity index (χ1) is 9.60. The van der Waals surface area contributed by atoms with E-state index in [1.165, 1.54) is 12.1 Å². The molecular weight excluding hydrogens is 280 g/mol. The molecule has 0 radical (unpaired) electrons. The van der Waals surface area contributed by atoms with Crippen molar-refractivity contribution in [2.45, 2.75) is 0 Å². The van der Waals surface area contributed by atoms with Crippen molar-refractivity contribution >= 4 is 39.1 Å². The quantitative estimate of drug-likeness (QED) is 0.407. The summed E-state index contributed by atoms with van der Waals surface area (Å²) in [6.07, 6.45) is 0. The lowest BCUT2D eigenvalue weighted by Crippen LogP contribution is -1.90. The summed E-state index contributed by atoms with van der Waals surface area (Å²) in [7, 11) is 1.56. The molecule has 1 heterocycles. The molecule has 0 aliphatic carbocycles. The van der Waals surface area contributed by atoms with Crippen molar-refractivity contribution in [2.75, 3.05) is 7.11 Å². The molecule has 0 N–H and O–H groups in total. The van der Waals surface area contributed by atoms with E-state index in [2.05, 4.69) is 4.98 Å². The van der Waals surface area contributed by atoms with Gasteiger partial charge in [0.25, 0.3) is 5.69 Å². The molecule has 0 unspecified atom stereocenters. The number of hydrogen-bond acceptors (Lipinski definition) is 4. The molecule has 0 aliphatic heterocycles. The predicted octanol–water partition coefficient (Wildman–Crippen LogP) is 3.96. The first-order valence-electron chi connectivity index (χ1n) is 5.81. The molecule has 0 aliphatic rings. The summed E-state index contributed by atoms with van der Waals surface area (Å²) in [6, 6.07) is 9.82. The summed E-state index contributed by atoms with van der Waals surface area (Å²) >= 11 is 6.36. The third-order valence-electron chi connectivity index (χ3n) is 3.11. The minimum absolute atomic E-state index is 0.0107. The van der Waals surface area contributed by atoms with Gasteiger partial charge in [-0.3, -0.25) is 10.1 Å². The maximum Gasteiger partial charge on any atom is 0.270 e. The number of nitro groups is 1. The van der Waals surface area contributed by atoms with Crippen LogP contribution < -0.4 is 4.74 Å². The Kier molecular flexibility index (Phi) is 2.91. The maximum absolute atomic E-state index is 10.8. The molecule has 0 atom stereocenters. The summed E-state index contributed by atoms with van der Waals surface area (Å²) in [4.78, 5) is 14.8. The van der Waals surface area contributed by atoms with Crippen LogP contribution in [-0.4, -0.2) is 17.0 Å². The van der Waals surface area contributed by atoms with Gasteiger partial charge in [-0.15, -0.1) is 0 Å². The predicted molar refractivity (Wildman–Crippen MR) is 77.5 cm³/mol. The topological polar surface area (TPSA) is 65.3 Å². The van der Waals surface area contributed by atoms with Crippen LogP contribution in [0.3, 0.4) is 0 Å². The Morgan fingerprint density at radius 3 is 2.45 bits per heavy atom. The minimum Gasteiger partial charge on any atom is -0.497 e. The Morgan fingerprint density at radius 1 is 1.15 bits per heavy atom. The van der Waals surface area contributed by atoms with Crippen LogP contribution in [0, 0.1) is 10.1 Å². The van der Waals surface area contributed by atoms with Crippen molar-refractivity contribution in [3.63, 3.8) is 0 Å². The molecule has 5 nitrogen and oxygen atoms in total. The Labute approximate surface area is 118 Å². The van der Waals surface area contributed by atoms with E-state index in [1.54, 1.807) is 31.4 Å². The maximum atomic E-state index is 10.8. The highest BCUT2D eigenvalue weighted by atomic mass is 35.5. The average Bonchev–Trinajstić information content (AvgIpc) is 2.47. The van der Waals surface area contributed by atoms with E-state index in [0.717, 1.165) is 5.52 Å². The van der Waals surface area contributed by atoms with Gasteiger partial charge in [-0.1, -0.05) is 11.6 Å². The van der Waals surface area contributed by atoms with Gasteiger partial charge in [-0.25, -0.2) is 4.98 Å². The largest absolute Gasteiger partial charge is 0.497 e. The van der Waals surface area contributed by atoms with E-state index < -0.39 is 4.92 Å². The van der Waals surface area contributed by atoms with E-state index in [-0.39, 0.29) is 5.69 Å². The van der Waals surface area contributed by atoms with Crippen molar-refractivity contribution in [1.29, 1.82) is 0 Å². The molecular formula is C14H9ClN2O3. The summed E-state index contributed by atoms with van der Waals surface area (Å²) < 4.78 is 5.16. The van der Waals surface area contributed by atoms with Crippen molar-refractivity contribution in [1.82, 2.24) is 4.98 Å². The van der Waals surface area contributed by atoms with Crippen LogP contribution in [0.5, 0.6) is 5.75 Å². The van der Waals surface area contributed by atoms with Gasteiger partial charge in [0.05, 0.1) is 28.1 Å². The molecule has 0 saturated carbocycles. The monoisotopic (exact) mass is 288 g/mol. The Balaban J connectivity index is 2.39. The van der Waals surface area contributed by atoms with Crippen molar-refractivity contribution in [3.8, 4) is 5.75 Å². The molecule has 1 aromatic heterocycles. The summed E-state index contributed by atoms with van der Waals surface area (Å²) in [5.74, 6) is 0.658. The lowest BCUT2D eigenvalue weighted by Gasteiger charge is -2.07. The molecule has 6 heteroatoms. The van der Waals surface area contributed by atoms with Crippen molar-refractivity contribution in [3.05, 3.63) is 51.5 Å². The fraction of sp³-hybridized carbons (Fsp3) is 0.0714. The number of halogens is 1. The molecule has 100 valence electrons. The van der Waals surface area contributed by atoms with Gasteiger partial charge in [0.2, 0.25) is 0 Å². The van der Waals surface area contributed by atoms with Crippen LogP contribution in [0.2, 0.25) is 5.02 Å². The molecule has 0 bridgehead atoms. The number of nitrogens with zero attached hydrogens (tertiary/aromatic N) is 2. The number of pyridine rings is 1. The van der Waals surface area contributed by atoms with E-state index in [0.29, 0.717) is 27.1 Å². The highest BCUT2D eigenvalue weighted by molar-refractivity contribution is 6.40.